The van der Waals surface area contributed by atoms with Crippen LogP contribution in [0.1, 0.15) is 24.0 Å². The fraction of sp³-hybridized carbons (Fsp3) is 0.600. The largest absolute Gasteiger partial charge is 0.390 e. The first-order chi connectivity index (χ1) is 8.63. The van der Waals surface area contributed by atoms with Crippen molar-refractivity contribution in [3.63, 3.8) is 0 Å². The maximum Gasteiger partial charge on any atom is 0.0839 e. The molecular formula is C15H24N2O. The third kappa shape index (κ3) is 4.00. The van der Waals surface area contributed by atoms with Crippen LogP contribution in [0.5, 0.6) is 0 Å². The van der Waals surface area contributed by atoms with Gasteiger partial charge >= 0.3 is 0 Å². The highest BCUT2D eigenvalue weighted by molar-refractivity contribution is 5.48. The summed E-state index contributed by atoms with van der Waals surface area (Å²) in [6.07, 6.45) is 2.26. The number of aliphatic hydroxyl groups is 1. The zero-order valence-electron chi connectivity index (χ0n) is 11.4. The van der Waals surface area contributed by atoms with E-state index in [-0.39, 0.29) is 6.10 Å². The molecule has 1 fully saturated rings. The van der Waals surface area contributed by atoms with Crippen molar-refractivity contribution in [2.75, 3.05) is 31.5 Å². The van der Waals surface area contributed by atoms with Crippen molar-refractivity contribution in [3.8, 4) is 0 Å². The van der Waals surface area contributed by atoms with E-state index in [0.717, 1.165) is 25.3 Å². The minimum absolute atomic E-state index is 0.288. The lowest BCUT2D eigenvalue weighted by atomic mass is 10.1. The van der Waals surface area contributed by atoms with Gasteiger partial charge in [0, 0.05) is 18.8 Å². The number of benzene rings is 1. The second-order valence-corrected chi connectivity index (χ2v) is 5.42. The molecule has 100 valence electrons. The van der Waals surface area contributed by atoms with Gasteiger partial charge in [-0.1, -0.05) is 6.07 Å². The van der Waals surface area contributed by atoms with Crippen LogP contribution < -0.4 is 5.32 Å². The molecule has 0 saturated carbocycles. The molecule has 1 aliphatic heterocycles. The summed E-state index contributed by atoms with van der Waals surface area (Å²) in [6, 6.07) is 6.40. The third-order valence-electron chi connectivity index (χ3n) is 3.43. The number of nitrogens with zero attached hydrogens (tertiary/aromatic N) is 1. The first kappa shape index (κ1) is 13.4. The lowest BCUT2D eigenvalue weighted by Crippen LogP contribution is -2.34. The van der Waals surface area contributed by atoms with E-state index in [1.165, 1.54) is 24.0 Å². The number of hydrogen-bond donors (Lipinski definition) is 2. The molecule has 0 spiro atoms. The third-order valence-corrected chi connectivity index (χ3v) is 3.43. The van der Waals surface area contributed by atoms with Crippen molar-refractivity contribution in [1.82, 2.24) is 4.90 Å². The number of aryl methyl sites for hydroxylation is 2. The Balaban J connectivity index is 1.79. The lowest BCUT2D eigenvalue weighted by molar-refractivity contribution is 0.135. The smallest absolute Gasteiger partial charge is 0.0839 e. The number of aliphatic hydroxyl groups excluding tert-OH is 1. The maximum absolute atomic E-state index is 10.0. The predicted octanol–water partition coefficient (Wildman–Crippen LogP) is 2.17. The summed E-state index contributed by atoms with van der Waals surface area (Å²) in [4.78, 5) is 2.34. The van der Waals surface area contributed by atoms with Crippen molar-refractivity contribution in [1.29, 1.82) is 0 Å². The van der Waals surface area contributed by atoms with Gasteiger partial charge in [-0.15, -0.1) is 0 Å². The van der Waals surface area contributed by atoms with Crippen LogP contribution in [0.25, 0.3) is 0 Å². The molecule has 1 aliphatic rings. The number of rotatable bonds is 5. The van der Waals surface area contributed by atoms with Gasteiger partial charge in [0.05, 0.1) is 6.10 Å². The Hall–Kier alpha value is -1.06. The molecular weight excluding hydrogens is 224 g/mol. The SMILES string of the molecule is Cc1cc(C)cc(NCC(O)CN2CCCC2)c1. The maximum atomic E-state index is 10.0. The van der Waals surface area contributed by atoms with Crippen LogP contribution in [0, 0.1) is 13.8 Å². The molecule has 0 amide bonds. The molecule has 1 aromatic rings. The van der Waals surface area contributed by atoms with Crippen molar-refractivity contribution in [2.45, 2.75) is 32.8 Å². The molecule has 18 heavy (non-hydrogen) atoms. The molecule has 0 aromatic heterocycles. The van der Waals surface area contributed by atoms with Crippen LogP contribution >= 0.6 is 0 Å². The van der Waals surface area contributed by atoms with E-state index < -0.39 is 0 Å². The average molecular weight is 248 g/mol. The summed E-state index contributed by atoms with van der Waals surface area (Å²) in [7, 11) is 0. The van der Waals surface area contributed by atoms with Crippen LogP contribution in [-0.4, -0.2) is 42.3 Å². The summed E-state index contributed by atoms with van der Waals surface area (Å²) in [5.41, 5.74) is 3.62. The highest BCUT2D eigenvalue weighted by Crippen LogP contribution is 2.14. The van der Waals surface area contributed by atoms with E-state index in [4.69, 9.17) is 0 Å². The number of nitrogens with one attached hydrogen (secondary N) is 1. The van der Waals surface area contributed by atoms with Gasteiger partial charge < -0.3 is 15.3 Å². The fourth-order valence-electron chi connectivity index (χ4n) is 2.64. The van der Waals surface area contributed by atoms with Crippen LogP contribution in [0.15, 0.2) is 18.2 Å². The highest BCUT2D eigenvalue weighted by Gasteiger charge is 2.15. The van der Waals surface area contributed by atoms with E-state index in [9.17, 15) is 5.11 Å². The molecule has 1 atom stereocenters. The molecule has 3 heteroatoms. The van der Waals surface area contributed by atoms with Gasteiger partial charge in [0.15, 0.2) is 0 Å². The topological polar surface area (TPSA) is 35.5 Å². The Kier molecular flexibility index (Phi) is 4.61. The molecule has 0 aliphatic carbocycles. The molecule has 0 bridgehead atoms. The van der Waals surface area contributed by atoms with E-state index in [0.29, 0.717) is 6.54 Å². The summed E-state index contributed by atoms with van der Waals surface area (Å²) in [5.74, 6) is 0. The monoisotopic (exact) mass is 248 g/mol. The van der Waals surface area contributed by atoms with Crippen molar-refractivity contribution < 1.29 is 5.11 Å². The van der Waals surface area contributed by atoms with Crippen LogP contribution in [0.2, 0.25) is 0 Å². The second kappa shape index (κ2) is 6.21. The summed E-state index contributed by atoms with van der Waals surface area (Å²) >= 11 is 0. The number of likely N-dealkylation sites (tertiary alicyclic amines) is 1. The Morgan fingerprint density at radius 1 is 1.17 bits per heavy atom. The second-order valence-electron chi connectivity index (χ2n) is 5.42. The normalized spacial score (nSPS) is 17.9. The standard InChI is InChI=1S/C15H24N2O/c1-12-7-13(2)9-14(8-12)16-10-15(18)11-17-5-3-4-6-17/h7-9,15-16,18H,3-6,10-11H2,1-2H3. The lowest BCUT2D eigenvalue weighted by Gasteiger charge is -2.20. The van der Waals surface area contributed by atoms with E-state index in [1.807, 2.05) is 0 Å². The van der Waals surface area contributed by atoms with E-state index >= 15 is 0 Å². The Morgan fingerprint density at radius 2 is 1.78 bits per heavy atom. The van der Waals surface area contributed by atoms with Gasteiger partial charge in [0.25, 0.3) is 0 Å². The van der Waals surface area contributed by atoms with Crippen LogP contribution in [0.3, 0.4) is 0 Å². The molecule has 3 nitrogen and oxygen atoms in total. The fourth-order valence-corrected chi connectivity index (χ4v) is 2.64. The molecule has 2 N–H and O–H groups in total. The van der Waals surface area contributed by atoms with Crippen molar-refractivity contribution in [2.24, 2.45) is 0 Å². The quantitative estimate of drug-likeness (QED) is 0.838. The molecule has 1 heterocycles. The van der Waals surface area contributed by atoms with Gasteiger partial charge in [0.2, 0.25) is 0 Å². The average Bonchev–Trinajstić information content (AvgIpc) is 2.78. The van der Waals surface area contributed by atoms with Crippen LogP contribution in [-0.2, 0) is 0 Å². The van der Waals surface area contributed by atoms with E-state index in [2.05, 4.69) is 42.3 Å². The summed E-state index contributed by atoms with van der Waals surface area (Å²) in [5, 5.41) is 13.3. The van der Waals surface area contributed by atoms with Crippen LogP contribution in [0.4, 0.5) is 5.69 Å². The Bertz CT molecular complexity index is 366. The van der Waals surface area contributed by atoms with Crippen molar-refractivity contribution >= 4 is 5.69 Å². The number of anilines is 1. The molecule has 1 saturated heterocycles. The predicted molar refractivity (Wildman–Crippen MR) is 76.1 cm³/mol. The minimum Gasteiger partial charge on any atom is -0.390 e. The zero-order valence-corrected chi connectivity index (χ0v) is 11.4. The van der Waals surface area contributed by atoms with Gasteiger partial charge in [-0.25, -0.2) is 0 Å². The van der Waals surface area contributed by atoms with E-state index in [1.54, 1.807) is 0 Å². The zero-order chi connectivity index (χ0) is 13.0. The first-order valence-electron chi connectivity index (χ1n) is 6.86. The summed E-state index contributed by atoms with van der Waals surface area (Å²) < 4.78 is 0. The minimum atomic E-state index is -0.288. The Labute approximate surface area is 110 Å². The molecule has 2 rings (SSSR count). The van der Waals surface area contributed by atoms with Gasteiger partial charge in [0.1, 0.15) is 0 Å². The highest BCUT2D eigenvalue weighted by atomic mass is 16.3. The number of β-amino-alcohol motifs (C(OH)–C–C–N with tert-alkyl or cyclic N) is 1. The molecule has 1 aromatic carbocycles. The summed E-state index contributed by atoms with van der Waals surface area (Å²) in [6.45, 7) is 7.89. The molecule has 0 radical (unpaired) electrons. The Morgan fingerprint density at radius 3 is 2.39 bits per heavy atom. The van der Waals surface area contributed by atoms with Gasteiger partial charge in [-0.2, -0.15) is 0 Å². The van der Waals surface area contributed by atoms with Gasteiger partial charge in [-0.3, -0.25) is 0 Å². The first-order valence-corrected chi connectivity index (χ1v) is 6.86. The number of hydrogen-bond acceptors (Lipinski definition) is 3. The van der Waals surface area contributed by atoms with Gasteiger partial charge in [-0.05, 0) is 63.0 Å². The van der Waals surface area contributed by atoms with Crippen molar-refractivity contribution in [3.05, 3.63) is 29.3 Å². The molecule has 1 unspecified atom stereocenters.